The number of para-hydroxylation sites is 1. The van der Waals surface area contributed by atoms with Gasteiger partial charge in [0, 0.05) is 0 Å². The monoisotopic (exact) mass is 361 g/mol. The largest absolute Gasteiger partial charge is 0.389 e. The molecule has 1 heterocycles. The molecule has 4 nitrogen and oxygen atoms in total. The number of fused-ring (bicyclic) bond motifs is 1. The van der Waals surface area contributed by atoms with Gasteiger partial charge in [-0.2, -0.15) is 0 Å². The van der Waals surface area contributed by atoms with Crippen LogP contribution in [0.1, 0.15) is 24.8 Å². The number of hydrogen-bond donors (Lipinski definition) is 1. The minimum absolute atomic E-state index is 0.120. The summed E-state index contributed by atoms with van der Waals surface area (Å²) in [5, 5.41) is 10.6. The Labute approximate surface area is 159 Å². The van der Waals surface area contributed by atoms with Crippen molar-refractivity contribution in [2.75, 3.05) is 4.90 Å². The van der Waals surface area contributed by atoms with Crippen LogP contribution in [-0.4, -0.2) is 23.0 Å². The predicted molar refractivity (Wildman–Crippen MR) is 104 cm³/mol. The summed E-state index contributed by atoms with van der Waals surface area (Å²) in [6.07, 6.45) is 3.80. The van der Waals surface area contributed by atoms with Crippen LogP contribution in [0.25, 0.3) is 0 Å². The van der Waals surface area contributed by atoms with Crippen LogP contribution in [-0.2, 0) is 16.0 Å². The highest BCUT2D eigenvalue weighted by Gasteiger charge is 2.49. The van der Waals surface area contributed by atoms with E-state index < -0.39 is 6.10 Å². The lowest BCUT2D eigenvalue weighted by Gasteiger charge is -2.25. The van der Waals surface area contributed by atoms with Crippen LogP contribution in [0.4, 0.5) is 5.69 Å². The highest BCUT2D eigenvalue weighted by atomic mass is 16.3. The number of aliphatic hydroxyl groups excluding tert-OH is 1. The second kappa shape index (κ2) is 7.49. The van der Waals surface area contributed by atoms with E-state index in [1.807, 2.05) is 42.5 Å². The number of amides is 2. The van der Waals surface area contributed by atoms with E-state index >= 15 is 0 Å². The van der Waals surface area contributed by atoms with E-state index in [0.717, 1.165) is 12.0 Å². The first-order chi connectivity index (χ1) is 13.1. The summed E-state index contributed by atoms with van der Waals surface area (Å²) in [5.74, 6) is -0.922. The third kappa shape index (κ3) is 3.45. The third-order valence-electron chi connectivity index (χ3n) is 5.64. The molecule has 1 N–H and O–H groups in total. The molecule has 1 fully saturated rings. The number of benzene rings is 2. The molecular weight excluding hydrogens is 338 g/mol. The molecule has 1 aliphatic heterocycles. The number of nitrogens with zero attached hydrogens (tertiary/aromatic N) is 1. The average molecular weight is 361 g/mol. The van der Waals surface area contributed by atoms with Crippen LogP contribution in [0.2, 0.25) is 0 Å². The third-order valence-corrected chi connectivity index (χ3v) is 5.64. The van der Waals surface area contributed by atoms with Crippen molar-refractivity contribution in [1.29, 1.82) is 0 Å². The number of anilines is 1. The molecule has 1 saturated heterocycles. The number of imide groups is 1. The Hall–Kier alpha value is -2.72. The maximum absolute atomic E-state index is 12.9. The zero-order valence-corrected chi connectivity index (χ0v) is 15.1. The van der Waals surface area contributed by atoms with Crippen molar-refractivity contribution in [3.8, 4) is 0 Å². The number of aryl methyl sites for hydroxylation is 1. The summed E-state index contributed by atoms with van der Waals surface area (Å²) in [5.41, 5.74) is 2.71. The van der Waals surface area contributed by atoms with Crippen LogP contribution < -0.4 is 4.90 Å². The van der Waals surface area contributed by atoms with Gasteiger partial charge in [0.2, 0.25) is 11.8 Å². The van der Waals surface area contributed by atoms with Gasteiger partial charge in [-0.1, -0.05) is 54.6 Å². The smallest absolute Gasteiger partial charge is 0.238 e. The standard InChI is InChI=1S/C23H23NO3/c25-21(14-11-16-7-3-1-4-8-16)17-12-13-19-20(15-17)23(27)24(22(19)26)18-9-5-2-6-10-18/h1-10,12,19-21,25H,11,13-15H2/t19-,20+,21-/m0/s1. The van der Waals surface area contributed by atoms with Crippen LogP contribution in [0.15, 0.2) is 72.3 Å². The van der Waals surface area contributed by atoms with Gasteiger partial charge in [0.25, 0.3) is 0 Å². The fourth-order valence-corrected chi connectivity index (χ4v) is 4.13. The van der Waals surface area contributed by atoms with E-state index in [9.17, 15) is 14.7 Å². The summed E-state index contributed by atoms with van der Waals surface area (Å²) in [7, 11) is 0. The van der Waals surface area contributed by atoms with Crippen molar-refractivity contribution in [2.24, 2.45) is 11.8 Å². The van der Waals surface area contributed by atoms with E-state index in [4.69, 9.17) is 0 Å². The first kappa shape index (κ1) is 17.7. The lowest BCUT2D eigenvalue weighted by molar-refractivity contribution is -0.122. The molecule has 0 aromatic heterocycles. The topological polar surface area (TPSA) is 57.6 Å². The summed E-state index contributed by atoms with van der Waals surface area (Å²) in [6, 6.07) is 19.2. The Bertz CT molecular complexity index is 860. The van der Waals surface area contributed by atoms with Crippen molar-refractivity contribution in [1.82, 2.24) is 0 Å². The number of carbonyl (C=O) groups excluding carboxylic acids is 2. The second-order valence-electron chi connectivity index (χ2n) is 7.32. The fourth-order valence-electron chi connectivity index (χ4n) is 4.13. The average Bonchev–Trinajstić information content (AvgIpc) is 2.97. The number of hydrogen-bond acceptors (Lipinski definition) is 3. The second-order valence-corrected chi connectivity index (χ2v) is 7.32. The van der Waals surface area contributed by atoms with Gasteiger partial charge in [-0.25, -0.2) is 0 Å². The van der Waals surface area contributed by atoms with Gasteiger partial charge in [-0.3, -0.25) is 14.5 Å². The normalized spacial score (nSPS) is 23.1. The first-order valence-electron chi connectivity index (χ1n) is 9.49. The van der Waals surface area contributed by atoms with Gasteiger partial charge in [0.05, 0.1) is 23.6 Å². The molecule has 0 unspecified atom stereocenters. The van der Waals surface area contributed by atoms with Gasteiger partial charge >= 0.3 is 0 Å². The maximum atomic E-state index is 12.9. The van der Waals surface area contributed by atoms with E-state index in [0.29, 0.717) is 24.9 Å². The van der Waals surface area contributed by atoms with E-state index in [-0.39, 0.29) is 23.7 Å². The number of carbonyl (C=O) groups is 2. The van der Waals surface area contributed by atoms with Gasteiger partial charge in [-0.15, -0.1) is 0 Å². The zero-order chi connectivity index (χ0) is 18.8. The summed E-state index contributed by atoms with van der Waals surface area (Å²) in [4.78, 5) is 27.0. The summed E-state index contributed by atoms with van der Waals surface area (Å²) >= 11 is 0. The Morgan fingerprint density at radius 1 is 0.926 bits per heavy atom. The minimum Gasteiger partial charge on any atom is -0.389 e. The zero-order valence-electron chi connectivity index (χ0n) is 15.1. The highest BCUT2D eigenvalue weighted by Crippen LogP contribution is 2.40. The SMILES string of the molecule is O=C1[C@H]2CC=C([C@@H](O)CCc3ccccc3)C[C@H]2C(=O)N1c1ccccc1. The Balaban J connectivity index is 1.44. The molecule has 2 amide bonds. The Morgan fingerprint density at radius 2 is 1.56 bits per heavy atom. The quantitative estimate of drug-likeness (QED) is 0.655. The lowest BCUT2D eigenvalue weighted by Crippen LogP contribution is -2.30. The fraction of sp³-hybridized carbons (Fsp3) is 0.304. The molecule has 0 saturated carbocycles. The molecule has 2 aromatic carbocycles. The molecule has 1 aliphatic carbocycles. The van der Waals surface area contributed by atoms with Crippen molar-refractivity contribution >= 4 is 17.5 Å². The molecule has 0 radical (unpaired) electrons. The molecule has 0 bridgehead atoms. The summed E-state index contributed by atoms with van der Waals surface area (Å²) in [6.45, 7) is 0. The maximum Gasteiger partial charge on any atom is 0.238 e. The molecule has 138 valence electrons. The molecule has 2 aliphatic rings. The van der Waals surface area contributed by atoms with Crippen molar-refractivity contribution in [3.05, 3.63) is 77.9 Å². The predicted octanol–water partition coefficient (Wildman–Crippen LogP) is 3.51. The van der Waals surface area contributed by atoms with Crippen molar-refractivity contribution < 1.29 is 14.7 Å². The Kier molecular flexibility index (Phi) is 4.90. The van der Waals surface area contributed by atoms with Gasteiger partial charge in [-0.05, 0) is 49.0 Å². The number of aliphatic hydroxyl groups is 1. The molecule has 27 heavy (non-hydrogen) atoms. The van der Waals surface area contributed by atoms with Gasteiger partial charge < -0.3 is 5.11 Å². The highest BCUT2D eigenvalue weighted by molar-refractivity contribution is 6.22. The minimum atomic E-state index is -0.570. The van der Waals surface area contributed by atoms with Crippen LogP contribution in [0, 0.1) is 11.8 Å². The van der Waals surface area contributed by atoms with E-state index in [2.05, 4.69) is 12.1 Å². The molecule has 4 heteroatoms. The van der Waals surface area contributed by atoms with Crippen molar-refractivity contribution in [3.63, 3.8) is 0 Å². The van der Waals surface area contributed by atoms with Gasteiger partial charge in [0.1, 0.15) is 0 Å². The van der Waals surface area contributed by atoms with E-state index in [1.165, 1.54) is 10.5 Å². The molecule has 3 atom stereocenters. The number of allylic oxidation sites excluding steroid dienone is 1. The Morgan fingerprint density at radius 3 is 2.26 bits per heavy atom. The number of rotatable bonds is 5. The van der Waals surface area contributed by atoms with Crippen molar-refractivity contribution in [2.45, 2.75) is 31.8 Å². The van der Waals surface area contributed by atoms with Crippen LogP contribution in [0.5, 0.6) is 0 Å². The first-order valence-corrected chi connectivity index (χ1v) is 9.49. The summed E-state index contributed by atoms with van der Waals surface area (Å²) < 4.78 is 0. The van der Waals surface area contributed by atoms with Crippen LogP contribution >= 0.6 is 0 Å². The van der Waals surface area contributed by atoms with E-state index in [1.54, 1.807) is 12.1 Å². The molecule has 0 spiro atoms. The lowest BCUT2D eigenvalue weighted by atomic mass is 9.79. The molecular formula is C23H23NO3. The molecule has 2 aromatic rings. The molecule has 4 rings (SSSR count). The van der Waals surface area contributed by atoms with Crippen LogP contribution in [0.3, 0.4) is 0 Å². The van der Waals surface area contributed by atoms with Gasteiger partial charge in [0.15, 0.2) is 0 Å².